The van der Waals surface area contributed by atoms with E-state index in [2.05, 4.69) is 14.8 Å². The lowest BCUT2D eigenvalue weighted by Crippen LogP contribution is -2.45. The van der Waals surface area contributed by atoms with Crippen LogP contribution in [0, 0.1) is 0 Å². The molecular formula is C15H18N4OS. The molecule has 1 amide bonds. The number of thiazole rings is 1. The summed E-state index contributed by atoms with van der Waals surface area (Å²) in [5.41, 5.74) is 7.02. The quantitative estimate of drug-likeness (QED) is 0.931. The molecule has 0 spiro atoms. The molecule has 6 heteroatoms. The number of primary amides is 1. The Balaban J connectivity index is 1.54. The first kappa shape index (κ1) is 14.0. The number of aromatic nitrogens is 1. The molecule has 3 rings (SSSR count). The largest absolute Gasteiger partial charge is 0.366 e. The zero-order valence-electron chi connectivity index (χ0n) is 11.7. The van der Waals surface area contributed by atoms with Gasteiger partial charge in [0.25, 0.3) is 0 Å². The van der Waals surface area contributed by atoms with E-state index in [0.29, 0.717) is 5.56 Å². The Morgan fingerprint density at radius 1 is 1.19 bits per heavy atom. The van der Waals surface area contributed by atoms with Gasteiger partial charge in [-0.2, -0.15) is 0 Å². The third-order valence-electron chi connectivity index (χ3n) is 3.71. The second kappa shape index (κ2) is 6.24. The number of hydrogen-bond acceptors (Lipinski definition) is 5. The van der Waals surface area contributed by atoms with Gasteiger partial charge in [-0.15, -0.1) is 11.3 Å². The topological polar surface area (TPSA) is 62.5 Å². The minimum absolute atomic E-state index is 0.376. The highest BCUT2D eigenvalue weighted by molar-refractivity contribution is 7.13. The number of anilines is 1. The second-order valence-electron chi connectivity index (χ2n) is 5.14. The van der Waals surface area contributed by atoms with Gasteiger partial charge >= 0.3 is 0 Å². The molecule has 1 fully saturated rings. The third kappa shape index (κ3) is 3.40. The molecule has 1 aliphatic heterocycles. The predicted molar refractivity (Wildman–Crippen MR) is 84.6 cm³/mol. The summed E-state index contributed by atoms with van der Waals surface area (Å²) < 4.78 is 0. The molecule has 1 aromatic heterocycles. The lowest BCUT2D eigenvalue weighted by molar-refractivity contribution is 0.100. The van der Waals surface area contributed by atoms with Gasteiger partial charge in [-0.1, -0.05) is 12.1 Å². The average Bonchev–Trinajstić information content (AvgIpc) is 3.03. The Morgan fingerprint density at radius 3 is 2.48 bits per heavy atom. The highest BCUT2D eigenvalue weighted by Gasteiger charge is 2.18. The smallest absolute Gasteiger partial charge is 0.248 e. The third-order valence-corrected chi connectivity index (χ3v) is 4.54. The number of piperazine rings is 1. The monoisotopic (exact) mass is 302 g/mol. The van der Waals surface area contributed by atoms with Gasteiger partial charge in [0.05, 0.1) is 0 Å². The highest BCUT2D eigenvalue weighted by Crippen LogP contribution is 2.19. The summed E-state index contributed by atoms with van der Waals surface area (Å²) in [5.74, 6) is -0.376. The molecule has 21 heavy (non-hydrogen) atoms. The summed E-state index contributed by atoms with van der Waals surface area (Å²) in [4.78, 5) is 20.2. The second-order valence-corrected chi connectivity index (χ2v) is 6.01. The van der Waals surface area contributed by atoms with Crippen LogP contribution >= 0.6 is 11.3 Å². The fourth-order valence-electron chi connectivity index (χ4n) is 2.50. The normalized spacial score (nSPS) is 16.1. The number of rotatable bonds is 4. The first-order chi connectivity index (χ1) is 10.2. The molecule has 2 N–H and O–H groups in total. The zero-order valence-corrected chi connectivity index (χ0v) is 12.6. The summed E-state index contributed by atoms with van der Waals surface area (Å²) in [6.07, 6.45) is 1.85. The lowest BCUT2D eigenvalue weighted by atomic mass is 10.1. The summed E-state index contributed by atoms with van der Waals surface area (Å²) in [5, 5.41) is 3.13. The summed E-state index contributed by atoms with van der Waals surface area (Å²) in [7, 11) is 0. The molecule has 1 aromatic carbocycles. The molecule has 1 aliphatic rings. The molecule has 1 saturated heterocycles. The fourth-order valence-corrected chi connectivity index (χ4v) is 3.20. The standard InChI is InChI=1S/C15H18N4OS/c16-14(20)13-3-1-12(2-4-13)11-18-6-8-19(9-7-18)15-17-5-10-21-15/h1-5,10H,6-9,11H2,(H2,16,20). The van der Waals surface area contributed by atoms with Crippen LogP contribution in [0.5, 0.6) is 0 Å². The predicted octanol–water partition coefficient (Wildman–Crippen LogP) is 1.56. The molecule has 5 nitrogen and oxygen atoms in total. The number of carbonyl (C=O) groups excluding carboxylic acids is 1. The van der Waals surface area contributed by atoms with Gasteiger partial charge in [-0.05, 0) is 17.7 Å². The van der Waals surface area contributed by atoms with Crippen LogP contribution in [0.15, 0.2) is 35.8 Å². The van der Waals surface area contributed by atoms with Crippen LogP contribution in [0.3, 0.4) is 0 Å². The van der Waals surface area contributed by atoms with E-state index in [1.54, 1.807) is 23.5 Å². The molecule has 0 aliphatic carbocycles. The van der Waals surface area contributed by atoms with Gasteiger partial charge in [-0.3, -0.25) is 9.69 Å². The van der Waals surface area contributed by atoms with Crippen molar-refractivity contribution >= 4 is 22.4 Å². The Bertz CT molecular complexity index is 589. The Morgan fingerprint density at radius 2 is 1.90 bits per heavy atom. The molecule has 0 unspecified atom stereocenters. The molecule has 0 atom stereocenters. The van der Waals surface area contributed by atoms with Crippen molar-refractivity contribution in [1.82, 2.24) is 9.88 Å². The van der Waals surface area contributed by atoms with Crippen molar-refractivity contribution in [3.05, 3.63) is 47.0 Å². The van der Waals surface area contributed by atoms with Crippen LogP contribution in [0.4, 0.5) is 5.13 Å². The number of amides is 1. The summed E-state index contributed by atoms with van der Waals surface area (Å²) >= 11 is 1.69. The average molecular weight is 302 g/mol. The van der Waals surface area contributed by atoms with Crippen LogP contribution < -0.4 is 10.6 Å². The van der Waals surface area contributed by atoms with Crippen molar-refractivity contribution in [2.75, 3.05) is 31.1 Å². The van der Waals surface area contributed by atoms with Crippen LogP contribution in [-0.2, 0) is 6.54 Å². The van der Waals surface area contributed by atoms with Crippen molar-refractivity contribution in [1.29, 1.82) is 0 Å². The molecular weight excluding hydrogens is 284 g/mol. The van der Waals surface area contributed by atoms with Crippen LogP contribution in [-0.4, -0.2) is 42.0 Å². The van der Waals surface area contributed by atoms with Crippen molar-refractivity contribution in [2.24, 2.45) is 5.73 Å². The van der Waals surface area contributed by atoms with Crippen molar-refractivity contribution in [3.8, 4) is 0 Å². The minimum Gasteiger partial charge on any atom is -0.366 e. The van der Waals surface area contributed by atoms with E-state index in [9.17, 15) is 4.79 Å². The van der Waals surface area contributed by atoms with Crippen molar-refractivity contribution in [3.63, 3.8) is 0 Å². The van der Waals surface area contributed by atoms with Gasteiger partial charge in [0.15, 0.2) is 5.13 Å². The van der Waals surface area contributed by atoms with Gasteiger partial charge < -0.3 is 10.6 Å². The van der Waals surface area contributed by atoms with Crippen LogP contribution in [0.2, 0.25) is 0 Å². The number of hydrogen-bond donors (Lipinski definition) is 1. The summed E-state index contributed by atoms with van der Waals surface area (Å²) in [6.45, 7) is 4.97. The van der Waals surface area contributed by atoms with E-state index in [4.69, 9.17) is 5.73 Å². The van der Waals surface area contributed by atoms with E-state index in [1.165, 1.54) is 5.56 Å². The molecule has 2 heterocycles. The zero-order chi connectivity index (χ0) is 14.7. The number of nitrogens with zero attached hydrogens (tertiary/aromatic N) is 3. The molecule has 0 saturated carbocycles. The Hall–Kier alpha value is -1.92. The Labute approximate surface area is 128 Å². The first-order valence-electron chi connectivity index (χ1n) is 6.98. The highest BCUT2D eigenvalue weighted by atomic mass is 32.1. The molecule has 0 bridgehead atoms. The maximum absolute atomic E-state index is 11.1. The maximum Gasteiger partial charge on any atom is 0.248 e. The van der Waals surface area contributed by atoms with E-state index in [0.717, 1.165) is 37.9 Å². The summed E-state index contributed by atoms with van der Waals surface area (Å²) in [6, 6.07) is 7.55. The van der Waals surface area contributed by atoms with Gasteiger partial charge in [0.2, 0.25) is 5.91 Å². The van der Waals surface area contributed by atoms with E-state index in [1.807, 2.05) is 23.7 Å². The molecule has 110 valence electrons. The van der Waals surface area contributed by atoms with Gasteiger partial charge in [-0.25, -0.2) is 4.98 Å². The van der Waals surface area contributed by atoms with Crippen LogP contribution in [0.25, 0.3) is 0 Å². The van der Waals surface area contributed by atoms with E-state index < -0.39 is 0 Å². The van der Waals surface area contributed by atoms with Crippen molar-refractivity contribution < 1.29 is 4.79 Å². The number of carbonyl (C=O) groups is 1. The van der Waals surface area contributed by atoms with E-state index in [-0.39, 0.29) is 5.91 Å². The Kier molecular flexibility index (Phi) is 4.17. The van der Waals surface area contributed by atoms with Crippen LogP contribution in [0.1, 0.15) is 15.9 Å². The number of benzene rings is 1. The molecule has 0 radical (unpaired) electrons. The van der Waals surface area contributed by atoms with Gasteiger partial charge in [0.1, 0.15) is 0 Å². The lowest BCUT2D eigenvalue weighted by Gasteiger charge is -2.34. The van der Waals surface area contributed by atoms with Gasteiger partial charge in [0, 0.05) is 49.9 Å². The minimum atomic E-state index is -0.376. The van der Waals surface area contributed by atoms with Crippen molar-refractivity contribution in [2.45, 2.75) is 6.54 Å². The maximum atomic E-state index is 11.1. The van der Waals surface area contributed by atoms with E-state index >= 15 is 0 Å². The fraction of sp³-hybridized carbons (Fsp3) is 0.333. The first-order valence-corrected chi connectivity index (χ1v) is 7.86. The number of nitrogens with two attached hydrogens (primary N) is 1. The SMILES string of the molecule is NC(=O)c1ccc(CN2CCN(c3nccs3)CC2)cc1. The molecule has 2 aromatic rings.